The number of aliphatic hydroxyl groups is 1. The molecule has 0 heterocycles. The minimum atomic E-state index is -0.467. The fourth-order valence-electron chi connectivity index (χ4n) is 2.46. The molecular weight excluding hydrogens is 238 g/mol. The largest absolute Gasteiger partial charge is 0.496 e. The van der Waals surface area contributed by atoms with Gasteiger partial charge in [-0.1, -0.05) is 19.9 Å². The zero-order chi connectivity index (χ0) is 14.0. The van der Waals surface area contributed by atoms with E-state index in [4.69, 9.17) is 4.74 Å². The molecule has 1 aliphatic carbocycles. The number of aryl methyl sites for hydroxylation is 1. The molecule has 3 nitrogen and oxygen atoms in total. The molecule has 0 radical (unpaired) electrons. The lowest BCUT2D eigenvalue weighted by atomic mass is 9.92. The van der Waals surface area contributed by atoms with Crippen LogP contribution in [0.25, 0.3) is 0 Å². The van der Waals surface area contributed by atoms with Crippen LogP contribution in [0.3, 0.4) is 0 Å². The first-order valence-electron chi connectivity index (χ1n) is 7.11. The Balaban J connectivity index is 2.15. The lowest BCUT2D eigenvalue weighted by Crippen LogP contribution is -2.40. The summed E-state index contributed by atoms with van der Waals surface area (Å²) in [4.78, 5) is 0. The maximum Gasteiger partial charge on any atom is 0.121 e. The molecule has 3 heteroatoms. The summed E-state index contributed by atoms with van der Waals surface area (Å²) in [6, 6.07) is 6.62. The van der Waals surface area contributed by atoms with Gasteiger partial charge in [0.15, 0.2) is 0 Å². The summed E-state index contributed by atoms with van der Waals surface area (Å²) >= 11 is 0. The topological polar surface area (TPSA) is 41.5 Å². The van der Waals surface area contributed by atoms with Gasteiger partial charge < -0.3 is 15.2 Å². The van der Waals surface area contributed by atoms with Crippen LogP contribution in [0, 0.1) is 12.8 Å². The number of hydrogen-bond acceptors (Lipinski definition) is 3. The number of rotatable bonds is 6. The highest BCUT2D eigenvalue weighted by Gasteiger charge is 2.31. The molecule has 0 aliphatic heterocycles. The average molecular weight is 263 g/mol. The standard InChI is InChI=1S/C16H25NO2/c1-10(2)15(17-13-6-7-13)16(18)12-5-8-14(19-4)11(3)9-12/h5,8-10,13,15-18H,6-7H2,1-4H3. The summed E-state index contributed by atoms with van der Waals surface area (Å²) in [5.41, 5.74) is 2.03. The van der Waals surface area contributed by atoms with E-state index in [1.165, 1.54) is 12.8 Å². The third-order valence-electron chi connectivity index (χ3n) is 3.82. The molecule has 1 aromatic carbocycles. The van der Waals surface area contributed by atoms with Gasteiger partial charge in [0.05, 0.1) is 13.2 Å². The molecule has 1 fully saturated rings. The highest BCUT2D eigenvalue weighted by molar-refractivity contribution is 5.37. The highest BCUT2D eigenvalue weighted by atomic mass is 16.5. The third kappa shape index (κ3) is 3.48. The number of aliphatic hydroxyl groups excluding tert-OH is 1. The maximum atomic E-state index is 10.6. The number of hydrogen-bond donors (Lipinski definition) is 2. The van der Waals surface area contributed by atoms with Gasteiger partial charge in [-0.05, 0) is 48.9 Å². The van der Waals surface area contributed by atoms with Crippen molar-refractivity contribution in [1.82, 2.24) is 5.32 Å². The van der Waals surface area contributed by atoms with E-state index in [1.54, 1.807) is 7.11 Å². The van der Waals surface area contributed by atoms with Gasteiger partial charge in [0, 0.05) is 12.1 Å². The lowest BCUT2D eigenvalue weighted by Gasteiger charge is -2.28. The van der Waals surface area contributed by atoms with Crippen LogP contribution in [0.2, 0.25) is 0 Å². The minimum Gasteiger partial charge on any atom is -0.496 e. The van der Waals surface area contributed by atoms with Crippen molar-refractivity contribution >= 4 is 0 Å². The molecule has 1 saturated carbocycles. The van der Waals surface area contributed by atoms with Crippen LogP contribution in [0.4, 0.5) is 0 Å². The first kappa shape index (κ1) is 14.4. The molecule has 106 valence electrons. The minimum absolute atomic E-state index is 0.111. The Labute approximate surface area is 116 Å². The molecule has 2 atom stereocenters. The molecule has 0 aromatic heterocycles. The van der Waals surface area contributed by atoms with E-state index in [2.05, 4.69) is 19.2 Å². The van der Waals surface area contributed by atoms with Crippen molar-refractivity contribution in [2.75, 3.05) is 7.11 Å². The predicted octanol–water partition coefficient (Wildman–Crippen LogP) is 2.81. The summed E-state index contributed by atoms with van der Waals surface area (Å²) < 4.78 is 5.26. The summed E-state index contributed by atoms with van der Waals surface area (Å²) in [7, 11) is 1.67. The van der Waals surface area contributed by atoms with Crippen LogP contribution in [-0.2, 0) is 0 Å². The monoisotopic (exact) mass is 263 g/mol. The number of benzene rings is 1. The predicted molar refractivity (Wildman–Crippen MR) is 77.5 cm³/mol. The molecule has 0 bridgehead atoms. The molecule has 1 aliphatic rings. The number of methoxy groups -OCH3 is 1. The molecule has 2 rings (SSSR count). The van der Waals surface area contributed by atoms with Gasteiger partial charge in [-0.2, -0.15) is 0 Å². The lowest BCUT2D eigenvalue weighted by molar-refractivity contribution is 0.104. The second-order valence-electron chi connectivity index (χ2n) is 5.88. The van der Waals surface area contributed by atoms with Crippen molar-refractivity contribution < 1.29 is 9.84 Å². The van der Waals surface area contributed by atoms with Gasteiger partial charge in [0.2, 0.25) is 0 Å². The van der Waals surface area contributed by atoms with Gasteiger partial charge in [-0.25, -0.2) is 0 Å². The van der Waals surface area contributed by atoms with Gasteiger partial charge >= 0.3 is 0 Å². The number of nitrogens with one attached hydrogen (secondary N) is 1. The van der Waals surface area contributed by atoms with Crippen LogP contribution < -0.4 is 10.1 Å². The highest BCUT2D eigenvalue weighted by Crippen LogP contribution is 2.29. The van der Waals surface area contributed by atoms with E-state index in [0.717, 1.165) is 16.9 Å². The molecular formula is C16H25NO2. The van der Waals surface area contributed by atoms with Crippen molar-refractivity contribution in [2.45, 2.75) is 51.8 Å². The summed E-state index contributed by atoms with van der Waals surface area (Å²) in [6.45, 7) is 6.31. The first-order chi connectivity index (χ1) is 9.02. The Morgan fingerprint density at radius 1 is 1.32 bits per heavy atom. The summed E-state index contributed by atoms with van der Waals surface area (Å²) in [6.07, 6.45) is 2.00. The van der Waals surface area contributed by atoms with E-state index in [9.17, 15) is 5.11 Å². The van der Waals surface area contributed by atoms with Crippen LogP contribution in [0.5, 0.6) is 5.75 Å². The molecule has 1 aromatic rings. The Bertz CT molecular complexity index is 427. The van der Waals surface area contributed by atoms with Gasteiger partial charge in [0.25, 0.3) is 0 Å². The van der Waals surface area contributed by atoms with Gasteiger partial charge in [-0.3, -0.25) is 0 Å². The SMILES string of the molecule is COc1ccc(C(O)C(NC2CC2)C(C)C)cc1C. The second-order valence-corrected chi connectivity index (χ2v) is 5.88. The zero-order valence-electron chi connectivity index (χ0n) is 12.3. The first-order valence-corrected chi connectivity index (χ1v) is 7.11. The van der Waals surface area contributed by atoms with Crippen LogP contribution in [-0.4, -0.2) is 24.3 Å². The van der Waals surface area contributed by atoms with Crippen molar-refractivity contribution in [2.24, 2.45) is 5.92 Å². The second kappa shape index (κ2) is 5.93. The van der Waals surface area contributed by atoms with E-state index < -0.39 is 6.10 Å². The third-order valence-corrected chi connectivity index (χ3v) is 3.82. The van der Waals surface area contributed by atoms with Gasteiger partial charge in [0.1, 0.15) is 5.75 Å². The van der Waals surface area contributed by atoms with E-state index in [-0.39, 0.29) is 6.04 Å². The Morgan fingerprint density at radius 3 is 2.47 bits per heavy atom. The Morgan fingerprint density at radius 2 is 2.00 bits per heavy atom. The normalized spacial score (nSPS) is 18.4. The maximum absolute atomic E-state index is 10.6. The number of ether oxygens (including phenoxy) is 1. The summed E-state index contributed by atoms with van der Waals surface area (Å²) in [5.74, 6) is 1.27. The van der Waals surface area contributed by atoms with Crippen molar-refractivity contribution in [3.8, 4) is 5.75 Å². The zero-order valence-corrected chi connectivity index (χ0v) is 12.3. The van der Waals surface area contributed by atoms with Crippen molar-refractivity contribution in [3.63, 3.8) is 0 Å². The fraction of sp³-hybridized carbons (Fsp3) is 0.625. The smallest absolute Gasteiger partial charge is 0.121 e. The fourth-order valence-corrected chi connectivity index (χ4v) is 2.46. The van der Waals surface area contributed by atoms with Crippen molar-refractivity contribution in [1.29, 1.82) is 0 Å². The molecule has 0 spiro atoms. The van der Waals surface area contributed by atoms with E-state index in [0.29, 0.717) is 12.0 Å². The van der Waals surface area contributed by atoms with Gasteiger partial charge in [-0.15, -0.1) is 0 Å². The molecule has 0 amide bonds. The molecule has 19 heavy (non-hydrogen) atoms. The molecule has 2 N–H and O–H groups in total. The van der Waals surface area contributed by atoms with E-state index >= 15 is 0 Å². The van der Waals surface area contributed by atoms with E-state index in [1.807, 2.05) is 25.1 Å². The van der Waals surface area contributed by atoms with Crippen LogP contribution >= 0.6 is 0 Å². The van der Waals surface area contributed by atoms with Crippen molar-refractivity contribution in [3.05, 3.63) is 29.3 Å². The quantitative estimate of drug-likeness (QED) is 0.829. The van der Waals surface area contributed by atoms with Crippen LogP contribution in [0.15, 0.2) is 18.2 Å². The average Bonchev–Trinajstić information content (AvgIpc) is 3.18. The molecule has 2 unspecified atom stereocenters. The summed E-state index contributed by atoms with van der Waals surface area (Å²) in [5, 5.41) is 14.2. The Kier molecular flexibility index (Phi) is 4.48. The molecule has 0 saturated heterocycles. The van der Waals surface area contributed by atoms with Crippen LogP contribution in [0.1, 0.15) is 43.9 Å². The Hall–Kier alpha value is -1.06.